The Morgan fingerprint density at radius 3 is 1.38 bits per heavy atom. The highest BCUT2D eigenvalue weighted by Gasteiger charge is 2.26. The van der Waals surface area contributed by atoms with Gasteiger partial charge in [0.1, 0.15) is 23.1 Å². The third kappa shape index (κ3) is 23.5. The van der Waals surface area contributed by atoms with Gasteiger partial charge in [0.15, 0.2) is 0 Å². The fraction of sp³-hybridized carbons (Fsp3) is 0.882. The second-order valence-corrected chi connectivity index (χ2v) is 22.0. The number of ketones is 4. The molecule has 248 valence electrons. The molecule has 0 aliphatic heterocycles. The van der Waals surface area contributed by atoms with E-state index in [1.54, 1.807) is 21.6 Å². The van der Waals surface area contributed by atoms with Crippen molar-refractivity contribution in [3.05, 3.63) is 0 Å². The molecule has 1 atom stereocenters. The molecule has 8 heteroatoms. The second kappa shape index (κ2) is 19.6. The first-order chi connectivity index (χ1) is 18.7. The highest BCUT2D eigenvalue weighted by molar-refractivity contribution is 8.77. The molecule has 0 aliphatic carbocycles. The smallest absolute Gasteiger partial charge is 0.139 e. The topological polar surface area (TPSA) is 68.3 Å². The normalized spacial score (nSPS) is 13.7. The van der Waals surface area contributed by atoms with E-state index in [1.807, 2.05) is 105 Å². The lowest BCUT2D eigenvalue weighted by atomic mass is 9.87. The lowest BCUT2D eigenvalue weighted by Gasteiger charge is -2.25. The van der Waals surface area contributed by atoms with Crippen molar-refractivity contribution in [3.8, 4) is 0 Å². The van der Waals surface area contributed by atoms with E-state index >= 15 is 0 Å². The van der Waals surface area contributed by atoms with Crippen molar-refractivity contribution in [2.75, 3.05) is 11.5 Å². The quantitative estimate of drug-likeness (QED) is 0.112. The van der Waals surface area contributed by atoms with Gasteiger partial charge in [-0.1, -0.05) is 133 Å². The van der Waals surface area contributed by atoms with E-state index in [0.717, 1.165) is 30.8 Å². The summed E-state index contributed by atoms with van der Waals surface area (Å²) in [4.78, 5) is 47.5. The minimum Gasteiger partial charge on any atom is -0.299 e. The minimum absolute atomic E-state index is 0.0968. The molecule has 0 heterocycles. The van der Waals surface area contributed by atoms with Crippen molar-refractivity contribution < 1.29 is 19.2 Å². The van der Waals surface area contributed by atoms with Gasteiger partial charge in [0, 0.05) is 68.8 Å². The Morgan fingerprint density at radius 2 is 0.929 bits per heavy atom. The number of hydrogen-bond donors (Lipinski definition) is 0. The van der Waals surface area contributed by atoms with Crippen LogP contribution in [0.1, 0.15) is 149 Å². The molecule has 0 aromatic carbocycles. The summed E-state index contributed by atoms with van der Waals surface area (Å²) < 4.78 is 0.0968. The maximum absolute atomic E-state index is 12.0. The van der Waals surface area contributed by atoms with E-state index in [2.05, 4.69) is 20.8 Å². The number of Topliss-reactive ketones (excluding diaryl/α,β-unsaturated/α-hetero) is 4. The van der Waals surface area contributed by atoms with E-state index in [9.17, 15) is 19.2 Å². The summed E-state index contributed by atoms with van der Waals surface area (Å²) in [5.41, 5.74) is -0.905. The summed E-state index contributed by atoms with van der Waals surface area (Å²) in [6.07, 6.45) is 5.36. The molecule has 0 rings (SSSR count). The Kier molecular flexibility index (Phi) is 20.6. The Morgan fingerprint density at radius 1 is 0.524 bits per heavy atom. The Bertz CT molecular complexity index is 838. The molecule has 0 spiro atoms. The van der Waals surface area contributed by atoms with Crippen LogP contribution in [0.15, 0.2) is 0 Å². The van der Waals surface area contributed by atoms with Gasteiger partial charge >= 0.3 is 0 Å². The van der Waals surface area contributed by atoms with Crippen LogP contribution >= 0.6 is 43.2 Å². The lowest BCUT2D eigenvalue weighted by molar-refractivity contribution is -0.127. The average Bonchev–Trinajstić information content (AvgIpc) is 2.81. The Balaban J connectivity index is 0. The average molecular weight is 665 g/mol. The second-order valence-electron chi connectivity index (χ2n) is 16.0. The molecular weight excluding hydrogens is 601 g/mol. The maximum Gasteiger partial charge on any atom is 0.139 e. The van der Waals surface area contributed by atoms with E-state index in [4.69, 9.17) is 0 Å². The van der Waals surface area contributed by atoms with Crippen LogP contribution in [0.3, 0.4) is 0 Å². The van der Waals surface area contributed by atoms with E-state index in [-0.39, 0.29) is 26.4 Å². The van der Waals surface area contributed by atoms with Crippen molar-refractivity contribution in [1.29, 1.82) is 0 Å². The van der Waals surface area contributed by atoms with Crippen LogP contribution in [-0.4, -0.2) is 44.6 Å². The van der Waals surface area contributed by atoms with Crippen molar-refractivity contribution in [3.63, 3.8) is 0 Å². The number of rotatable bonds is 17. The monoisotopic (exact) mass is 664 g/mol. The van der Waals surface area contributed by atoms with Crippen LogP contribution in [0.4, 0.5) is 0 Å². The van der Waals surface area contributed by atoms with Gasteiger partial charge in [0.2, 0.25) is 0 Å². The molecule has 0 fully saturated rings. The molecule has 0 amide bonds. The third-order valence-electron chi connectivity index (χ3n) is 6.64. The number of carbonyl (C=O) groups excluding carboxylic acids is 4. The number of carbonyl (C=O) groups is 4. The Hall–Kier alpha value is 0.0800. The lowest BCUT2D eigenvalue weighted by Crippen LogP contribution is -2.23. The predicted molar refractivity (Wildman–Crippen MR) is 194 cm³/mol. The van der Waals surface area contributed by atoms with Gasteiger partial charge in [-0.15, -0.1) is 0 Å². The molecule has 0 aromatic heterocycles. The van der Waals surface area contributed by atoms with Gasteiger partial charge in [0.25, 0.3) is 0 Å². The number of hydrogen-bond acceptors (Lipinski definition) is 8. The first-order valence-corrected chi connectivity index (χ1v) is 20.1. The van der Waals surface area contributed by atoms with Gasteiger partial charge in [-0.2, -0.15) is 0 Å². The molecule has 0 aromatic rings. The summed E-state index contributed by atoms with van der Waals surface area (Å²) in [7, 11) is 7.21. The van der Waals surface area contributed by atoms with Gasteiger partial charge < -0.3 is 0 Å². The van der Waals surface area contributed by atoms with E-state index < -0.39 is 0 Å². The maximum atomic E-state index is 12.0. The zero-order chi connectivity index (χ0) is 33.6. The first kappa shape index (κ1) is 44.2. The van der Waals surface area contributed by atoms with Crippen LogP contribution in [0.5, 0.6) is 0 Å². The van der Waals surface area contributed by atoms with Gasteiger partial charge in [-0.05, 0) is 33.1 Å². The molecule has 0 aliphatic rings. The first-order valence-electron chi connectivity index (χ1n) is 15.4. The molecule has 0 radical (unpaired) electrons. The van der Waals surface area contributed by atoms with Crippen LogP contribution in [0, 0.1) is 21.7 Å². The zero-order valence-corrected chi connectivity index (χ0v) is 33.0. The van der Waals surface area contributed by atoms with Crippen molar-refractivity contribution in [2.45, 2.75) is 159 Å². The van der Waals surface area contributed by atoms with Crippen LogP contribution < -0.4 is 0 Å². The SMILES string of the molecule is CC(C)(CCC(=O)C(C)(C)C)SSCCCC(=O)C(C)(C)C.CC(CCC(=O)C(C)(C)C)SSCCC(=O)C(C)(C)C. The predicted octanol–water partition coefficient (Wildman–Crippen LogP) is 11.1. The molecular formula is C34H64O4S4. The van der Waals surface area contributed by atoms with E-state index in [0.29, 0.717) is 54.1 Å². The van der Waals surface area contributed by atoms with Gasteiger partial charge in [-0.25, -0.2) is 0 Å². The summed E-state index contributed by atoms with van der Waals surface area (Å²) in [6, 6.07) is 0. The fourth-order valence-corrected chi connectivity index (χ4v) is 8.13. The van der Waals surface area contributed by atoms with Crippen molar-refractivity contribution >= 4 is 66.3 Å². The zero-order valence-electron chi connectivity index (χ0n) is 29.7. The van der Waals surface area contributed by atoms with Crippen LogP contribution in [0.25, 0.3) is 0 Å². The van der Waals surface area contributed by atoms with Gasteiger partial charge in [0.05, 0.1) is 0 Å². The van der Waals surface area contributed by atoms with Crippen molar-refractivity contribution in [1.82, 2.24) is 0 Å². The van der Waals surface area contributed by atoms with Crippen molar-refractivity contribution in [2.24, 2.45) is 21.7 Å². The van der Waals surface area contributed by atoms with E-state index in [1.165, 1.54) is 0 Å². The third-order valence-corrected chi connectivity index (χ3v) is 13.0. The fourth-order valence-electron chi connectivity index (χ4n) is 3.13. The summed E-state index contributed by atoms with van der Waals surface area (Å²) in [5.74, 6) is 3.18. The summed E-state index contributed by atoms with van der Waals surface area (Å²) in [6.45, 7) is 30.2. The highest BCUT2D eigenvalue weighted by Crippen LogP contribution is 2.40. The highest BCUT2D eigenvalue weighted by atomic mass is 33.1. The Labute approximate surface area is 276 Å². The molecule has 0 saturated carbocycles. The van der Waals surface area contributed by atoms with Crippen LogP contribution in [0.2, 0.25) is 0 Å². The molecule has 42 heavy (non-hydrogen) atoms. The minimum atomic E-state index is -0.235. The standard InChI is InChI=1S/C18H34O2S2.C16H30O2S2/c1-16(2,3)14(19)10-9-13-21-22-18(7,8)12-11-15(20)17(4,5)6;1-12(8-9-13(17)15(2,3)4)20-19-11-10-14(18)16(5,6)7/h9-13H2,1-8H3;12H,8-11H2,1-7H3. The molecule has 1 unspecified atom stereocenters. The van der Waals surface area contributed by atoms with Crippen LogP contribution in [-0.2, 0) is 19.2 Å². The summed E-state index contributed by atoms with van der Waals surface area (Å²) in [5, 5.41) is 0.455. The molecule has 4 nitrogen and oxygen atoms in total. The van der Waals surface area contributed by atoms with Gasteiger partial charge in [-0.3, -0.25) is 19.2 Å². The summed E-state index contributed by atoms with van der Waals surface area (Å²) >= 11 is 0. The molecule has 0 bridgehead atoms. The molecule has 0 saturated heterocycles. The largest absolute Gasteiger partial charge is 0.299 e. The molecule has 0 N–H and O–H groups in total.